The van der Waals surface area contributed by atoms with Crippen molar-refractivity contribution >= 4 is 44.8 Å². The Bertz CT molecular complexity index is 1240. The van der Waals surface area contributed by atoms with Gasteiger partial charge in [-0.1, -0.05) is 30.3 Å². The predicted octanol–water partition coefficient (Wildman–Crippen LogP) is 4.16. The second kappa shape index (κ2) is 10.5. The molecule has 180 valence electrons. The topological polar surface area (TPSA) is 82.6 Å². The summed E-state index contributed by atoms with van der Waals surface area (Å²) in [4.78, 5) is 21.2. The summed E-state index contributed by atoms with van der Waals surface area (Å²) in [5.74, 6) is -0.285. The van der Waals surface area contributed by atoms with Crippen LogP contribution in [0.2, 0.25) is 0 Å². The van der Waals surface area contributed by atoms with Crippen molar-refractivity contribution in [2.75, 3.05) is 25.0 Å². The second-order valence-corrected chi connectivity index (χ2v) is 11.4. The molecule has 2 aliphatic heterocycles. The summed E-state index contributed by atoms with van der Waals surface area (Å²) in [5.41, 5.74) is 2.75. The Labute approximate surface area is 210 Å². The molecule has 0 atom stereocenters. The van der Waals surface area contributed by atoms with Gasteiger partial charge in [0, 0.05) is 49.6 Å². The number of halogens is 1. The quantitative estimate of drug-likeness (QED) is 0.530. The first-order valence-corrected chi connectivity index (χ1v) is 13.4. The summed E-state index contributed by atoms with van der Waals surface area (Å²) in [6.45, 7) is 3.77. The first-order chi connectivity index (χ1) is 16.0. The summed E-state index contributed by atoms with van der Waals surface area (Å²) in [6.07, 6.45) is 2.64. The first-order valence-electron chi connectivity index (χ1n) is 11.2. The van der Waals surface area contributed by atoms with E-state index in [4.69, 9.17) is 0 Å². The maximum Gasteiger partial charge on any atom is 0.257 e. The molecule has 0 saturated carbocycles. The number of fused-ring (bicyclic) bond motifs is 1. The van der Waals surface area contributed by atoms with E-state index in [1.807, 2.05) is 6.07 Å². The summed E-state index contributed by atoms with van der Waals surface area (Å²) in [6, 6.07) is 16.5. The molecule has 34 heavy (non-hydrogen) atoms. The van der Waals surface area contributed by atoms with Crippen molar-refractivity contribution in [3.63, 3.8) is 0 Å². The Hall–Kier alpha value is -2.30. The van der Waals surface area contributed by atoms with Crippen molar-refractivity contribution in [2.24, 2.45) is 0 Å². The van der Waals surface area contributed by atoms with E-state index in [-0.39, 0.29) is 23.2 Å². The fraction of sp³-hybridized carbons (Fsp3) is 0.333. The number of rotatable bonds is 6. The van der Waals surface area contributed by atoms with Crippen LogP contribution in [-0.2, 0) is 29.5 Å². The number of sulfonamides is 1. The lowest BCUT2D eigenvalue weighted by Crippen LogP contribution is -2.29. The molecule has 1 N–H and O–H groups in total. The maximum absolute atomic E-state index is 12.7. The van der Waals surface area contributed by atoms with Gasteiger partial charge >= 0.3 is 0 Å². The molecule has 1 aromatic heterocycles. The van der Waals surface area contributed by atoms with E-state index >= 15 is 0 Å². The van der Waals surface area contributed by atoms with Gasteiger partial charge < -0.3 is 0 Å². The average Bonchev–Trinajstić information content (AvgIpc) is 3.50. The third-order valence-corrected chi connectivity index (χ3v) is 9.01. The average molecular weight is 519 g/mol. The Kier molecular flexibility index (Phi) is 7.69. The van der Waals surface area contributed by atoms with E-state index in [1.165, 1.54) is 38.2 Å². The lowest BCUT2D eigenvalue weighted by Gasteiger charge is -2.25. The molecule has 0 bridgehead atoms. The summed E-state index contributed by atoms with van der Waals surface area (Å²) in [5, 5.41) is 3.47. The predicted molar refractivity (Wildman–Crippen MR) is 136 cm³/mol. The van der Waals surface area contributed by atoms with E-state index < -0.39 is 10.0 Å². The van der Waals surface area contributed by atoms with Gasteiger partial charge in [0.15, 0.2) is 5.13 Å². The van der Waals surface area contributed by atoms with Gasteiger partial charge in [0.25, 0.3) is 5.91 Å². The highest BCUT2D eigenvalue weighted by Gasteiger charge is 2.27. The van der Waals surface area contributed by atoms with Gasteiger partial charge in [-0.2, -0.15) is 4.31 Å². The Morgan fingerprint density at radius 3 is 2.41 bits per heavy atom. The lowest BCUT2D eigenvalue weighted by molar-refractivity contribution is 0.102. The zero-order chi connectivity index (χ0) is 22.8. The number of benzene rings is 2. The van der Waals surface area contributed by atoms with Crippen LogP contribution in [0.25, 0.3) is 0 Å². The minimum Gasteiger partial charge on any atom is -0.298 e. The van der Waals surface area contributed by atoms with Crippen LogP contribution in [0.1, 0.15) is 39.3 Å². The molecular formula is C24H27ClN4O3S2. The lowest BCUT2D eigenvalue weighted by atomic mass is 10.1. The van der Waals surface area contributed by atoms with Crippen molar-refractivity contribution in [3.05, 3.63) is 76.3 Å². The number of amides is 1. The SMILES string of the molecule is Cl.O=C(Nc1nc2c(s1)CN(Cc1ccccc1)CC2)c1ccc(S(=O)(=O)N2CCCC2)cc1. The number of hydrogen-bond acceptors (Lipinski definition) is 6. The molecule has 1 amide bonds. The van der Waals surface area contributed by atoms with Crippen molar-refractivity contribution in [3.8, 4) is 0 Å². The first kappa shape index (κ1) is 24.8. The normalized spacial score (nSPS) is 16.6. The van der Waals surface area contributed by atoms with Gasteiger partial charge in [-0.3, -0.25) is 15.0 Å². The van der Waals surface area contributed by atoms with Gasteiger partial charge in [-0.15, -0.1) is 23.7 Å². The highest BCUT2D eigenvalue weighted by Crippen LogP contribution is 2.29. The van der Waals surface area contributed by atoms with Gasteiger partial charge in [0.2, 0.25) is 10.0 Å². The number of thiazole rings is 1. The van der Waals surface area contributed by atoms with Crippen LogP contribution in [-0.4, -0.2) is 48.1 Å². The molecule has 1 fully saturated rings. The van der Waals surface area contributed by atoms with E-state index in [9.17, 15) is 13.2 Å². The minimum atomic E-state index is -3.48. The van der Waals surface area contributed by atoms with Gasteiger partial charge in [-0.05, 0) is 42.7 Å². The molecule has 2 aromatic carbocycles. The molecule has 10 heteroatoms. The van der Waals surface area contributed by atoms with E-state index in [0.717, 1.165) is 44.6 Å². The molecule has 3 aromatic rings. The highest BCUT2D eigenvalue weighted by atomic mass is 35.5. The van der Waals surface area contributed by atoms with Crippen LogP contribution in [0.4, 0.5) is 5.13 Å². The number of anilines is 1. The zero-order valence-electron chi connectivity index (χ0n) is 18.6. The summed E-state index contributed by atoms with van der Waals surface area (Å²) in [7, 11) is -3.48. The van der Waals surface area contributed by atoms with E-state index in [1.54, 1.807) is 12.1 Å². The highest BCUT2D eigenvalue weighted by molar-refractivity contribution is 7.89. The fourth-order valence-electron chi connectivity index (χ4n) is 4.30. The molecule has 7 nitrogen and oxygen atoms in total. The monoisotopic (exact) mass is 518 g/mol. The Morgan fingerprint density at radius 1 is 1.00 bits per heavy atom. The Morgan fingerprint density at radius 2 is 1.71 bits per heavy atom. The van der Waals surface area contributed by atoms with Crippen LogP contribution in [0.3, 0.4) is 0 Å². The van der Waals surface area contributed by atoms with Gasteiger partial charge in [-0.25, -0.2) is 13.4 Å². The molecule has 1 saturated heterocycles. The van der Waals surface area contributed by atoms with Gasteiger partial charge in [0.05, 0.1) is 10.6 Å². The Balaban J connectivity index is 0.00000274. The van der Waals surface area contributed by atoms with Crippen molar-refractivity contribution in [2.45, 2.75) is 37.2 Å². The number of aromatic nitrogens is 1. The number of carbonyl (C=O) groups excluding carboxylic acids is 1. The number of hydrogen-bond donors (Lipinski definition) is 1. The van der Waals surface area contributed by atoms with Crippen LogP contribution in [0.15, 0.2) is 59.5 Å². The van der Waals surface area contributed by atoms with Crippen LogP contribution < -0.4 is 5.32 Å². The molecule has 0 spiro atoms. The molecule has 0 unspecified atom stereocenters. The maximum atomic E-state index is 12.7. The molecular weight excluding hydrogens is 492 g/mol. The van der Waals surface area contributed by atoms with Crippen LogP contribution in [0, 0.1) is 0 Å². The third kappa shape index (κ3) is 5.34. The molecule has 0 aliphatic carbocycles. The largest absolute Gasteiger partial charge is 0.298 e. The summed E-state index contributed by atoms with van der Waals surface area (Å²) >= 11 is 1.51. The molecule has 2 aliphatic rings. The van der Waals surface area contributed by atoms with Crippen molar-refractivity contribution in [1.82, 2.24) is 14.2 Å². The van der Waals surface area contributed by atoms with E-state index in [2.05, 4.69) is 39.5 Å². The third-order valence-electron chi connectivity index (χ3n) is 6.10. The smallest absolute Gasteiger partial charge is 0.257 e. The fourth-order valence-corrected chi connectivity index (χ4v) is 6.87. The summed E-state index contributed by atoms with van der Waals surface area (Å²) < 4.78 is 26.9. The van der Waals surface area contributed by atoms with Crippen LogP contribution >= 0.6 is 23.7 Å². The minimum absolute atomic E-state index is 0. The molecule has 5 rings (SSSR count). The standard InChI is InChI=1S/C24H26N4O3S2.ClH/c29-23(19-8-10-20(11-9-19)33(30,31)28-13-4-5-14-28)26-24-25-21-12-15-27(17-22(21)32-24)16-18-6-2-1-3-7-18;/h1-3,6-11H,4-5,12-17H2,(H,25,26,29);1H. The van der Waals surface area contributed by atoms with E-state index in [0.29, 0.717) is 23.8 Å². The number of nitrogens with one attached hydrogen (secondary N) is 1. The second-order valence-electron chi connectivity index (χ2n) is 8.42. The van der Waals surface area contributed by atoms with Crippen molar-refractivity contribution in [1.29, 1.82) is 0 Å². The zero-order valence-corrected chi connectivity index (χ0v) is 21.1. The number of carbonyl (C=O) groups is 1. The van der Waals surface area contributed by atoms with Crippen LogP contribution in [0.5, 0.6) is 0 Å². The van der Waals surface area contributed by atoms with Gasteiger partial charge in [0.1, 0.15) is 0 Å². The molecule has 0 radical (unpaired) electrons. The van der Waals surface area contributed by atoms with Crippen molar-refractivity contribution < 1.29 is 13.2 Å². The molecule has 3 heterocycles. The number of nitrogens with zero attached hydrogens (tertiary/aromatic N) is 3.